The topological polar surface area (TPSA) is 81.9 Å². The van der Waals surface area contributed by atoms with Crippen LogP contribution in [0.2, 0.25) is 0 Å². The Balaban J connectivity index is 1.17. The molecule has 1 aliphatic heterocycles. The molecule has 8 heteroatoms. The Morgan fingerprint density at radius 2 is 1.78 bits per heavy atom. The van der Waals surface area contributed by atoms with E-state index in [1.54, 1.807) is 6.33 Å². The first kappa shape index (κ1) is 23.0. The lowest BCUT2D eigenvalue weighted by atomic mass is 10.1. The highest BCUT2D eigenvalue weighted by Crippen LogP contribution is 2.26. The molecule has 1 saturated heterocycles. The summed E-state index contributed by atoms with van der Waals surface area (Å²) in [5.41, 5.74) is 5.48. The van der Waals surface area contributed by atoms with Crippen LogP contribution in [0.15, 0.2) is 79.3 Å². The molecule has 3 aromatic carbocycles. The lowest BCUT2D eigenvalue weighted by molar-refractivity contribution is 0.299. The molecule has 3 heterocycles. The van der Waals surface area contributed by atoms with E-state index in [0.717, 1.165) is 77.4 Å². The highest BCUT2D eigenvalue weighted by atomic mass is 32.2. The third-order valence-corrected chi connectivity index (χ3v) is 8.04. The van der Waals surface area contributed by atoms with Gasteiger partial charge in [-0.1, -0.05) is 47.6 Å². The number of aromatic nitrogens is 4. The molecule has 0 bridgehead atoms. The molecule has 2 aromatic heterocycles. The van der Waals surface area contributed by atoms with Gasteiger partial charge < -0.3 is 9.87 Å². The van der Waals surface area contributed by atoms with Crippen molar-refractivity contribution in [2.45, 2.75) is 13.0 Å². The van der Waals surface area contributed by atoms with Gasteiger partial charge in [-0.3, -0.25) is 9.58 Å². The Hall–Kier alpha value is -3.46. The van der Waals surface area contributed by atoms with Crippen molar-refractivity contribution in [2.75, 3.05) is 36.5 Å². The van der Waals surface area contributed by atoms with Gasteiger partial charge in [0.1, 0.15) is 23.7 Å². The zero-order valence-corrected chi connectivity index (χ0v) is 20.8. The number of anilines is 2. The SMILES string of the molecule is [O-][S+]1CCN(CCc2ccc3c(Nc4ccc5c(cnn5Cc5ccccc5)c4)ncnc3c2)CC1. The quantitative estimate of drug-likeness (QED) is 0.337. The van der Waals surface area contributed by atoms with Crippen LogP contribution in [0.1, 0.15) is 11.1 Å². The molecule has 36 heavy (non-hydrogen) atoms. The second-order valence-electron chi connectivity index (χ2n) is 9.20. The van der Waals surface area contributed by atoms with E-state index < -0.39 is 11.2 Å². The van der Waals surface area contributed by atoms with E-state index >= 15 is 0 Å². The summed E-state index contributed by atoms with van der Waals surface area (Å²) in [6.45, 7) is 3.57. The predicted molar refractivity (Wildman–Crippen MR) is 146 cm³/mol. The van der Waals surface area contributed by atoms with Crippen molar-refractivity contribution in [3.8, 4) is 0 Å². The fraction of sp³-hybridized carbons (Fsp3) is 0.250. The van der Waals surface area contributed by atoms with Gasteiger partial charge in [0.05, 0.1) is 23.8 Å². The van der Waals surface area contributed by atoms with E-state index in [2.05, 4.69) is 85.9 Å². The summed E-state index contributed by atoms with van der Waals surface area (Å²) in [5.74, 6) is 2.38. The van der Waals surface area contributed by atoms with Crippen LogP contribution < -0.4 is 5.32 Å². The van der Waals surface area contributed by atoms with Crippen LogP contribution in [-0.2, 0) is 24.1 Å². The average molecular weight is 497 g/mol. The summed E-state index contributed by atoms with van der Waals surface area (Å²) >= 11 is -0.633. The van der Waals surface area contributed by atoms with E-state index in [1.165, 1.54) is 11.1 Å². The third kappa shape index (κ3) is 5.06. The number of hydrogen-bond donors (Lipinski definition) is 1. The second-order valence-corrected chi connectivity index (χ2v) is 10.9. The van der Waals surface area contributed by atoms with Crippen molar-refractivity contribution < 1.29 is 4.55 Å². The molecule has 1 N–H and O–H groups in total. The molecule has 0 unspecified atom stereocenters. The largest absolute Gasteiger partial charge is 0.616 e. The number of rotatable bonds is 7. The van der Waals surface area contributed by atoms with Gasteiger partial charge in [-0.05, 0) is 47.9 Å². The number of fused-ring (bicyclic) bond motifs is 2. The molecular formula is C28H28N6OS. The van der Waals surface area contributed by atoms with Crippen LogP contribution in [0.4, 0.5) is 11.5 Å². The van der Waals surface area contributed by atoms with Gasteiger partial charge in [-0.25, -0.2) is 9.97 Å². The van der Waals surface area contributed by atoms with Gasteiger partial charge in [0.25, 0.3) is 0 Å². The maximum absolute atomic E-state index is 11.6. The molecule has 6 rings (SSSR count). The molecule has 0 aliphatic carbocycles. The predicted octanol–water partition coefficient (Wildman–Crippen LogP) is 4.38. The molecule has 0 spiro atoms. The summed E-state index contributed by atoms with van der Waals surface area (Å²) < 4.78 is 13.6. The molecule has 1 aliphatic rings. The molecule has 7 nitrogen and oxygen atoms in total. The lowest BCUT2D eigenvalue weighted by Crippen LogP contribution is -2.41. The van der Waals surface area contributed by atoms with E-state index in [-0.39, 0.29) is 0 Å². The molecular weight excluding hydrogens is 468 g/mol. The zero-order valence-electron chi connectivity index (χ0n) is 20.0. The summed E-state index contributed by atoms with van der Waals surface area (Å²) in [7, 11) is 0. The van der Waals surface area contributed by atoms with Crippen LogP contribution in [0.3, 0.4) is 0 Å². The minimum Gasteiger partial charge on any atom is -0.616 e. The molecule has 5 aromatic rings. The monoisotopic (exact) mass is 496 g/mol. The maximum atomic E-state index is 11.6. The van der Waals surface area contributed by atoms with Crippen LogP contribution >= 0.6 is 0 Å². The second kappa shape index (κ2) is 10.3. The van der Waals surface area contributed by atoms with Gasteiger partial charge in [0.15, 0.2) is 0 Å². The van der Waals surface area contributed by atoms with E-state index in [4.69, 9.17) is 0 Å². The van der Waals surface area contributed by atoms with Gasteiger partial charge in [0, 0.05) is 36.1 Å². The molecule has 0 radical (unpaired) electrons. The smallest absolute Gasteiger partial charge is 0.141 e. The Bertz CT molecular complexity index is 1480. The number of nitrogens with zero attached hydrogens (tertiary/aromatic N) is 5. The number of hydrogen-bond acceptors (Lipinski definition) is 6. The van der Waals surface area contributed by atoms with E-state index in [9.17, 15) is 4.55 Å². The van der Waals surface area contributed by atoms with E-state index in [1.807, 2.05) is 16.9 Å². The minimum atomic E-state index is -0.633. The molecule has 0 saturated carbocycles. The van der Waals surface area contributed by atoms with Crippen LogP contribution in [0.5, 0.6) is 0 Å². The first-order chi connectivity index (χ1) is 17.7. The van der Waals surface area contributed by atoms with Crippen LogP contribution in [0.25, 0.3) is 21.8 Å². The Morgan fingerprint density at radius 3 is 2.64 bits per heavy atom. The van der Waals surface area contributed by atoms with Crippen molar-refractivity contribution in [3.05, 3.63) is 90.4 Å². The Morgan fingerprint density at radius 1 is 0.917 bits per heavy atom. The number of benzene rings is 3. The summed E-state index contributed by atoms with van der Waals surface area (Å²) in [6, 6.07) is 23.1. The van der Waals surface area contributed by atoms with Crippen molar-refractivity contribution >= 4 is 44.5 Å². The van der Waals surface area contributed by atoms with Crippen molar-refractivity contribution in [2.24, 2.45) is 0 Å². The van der Waals surface area contributed by atoms with Crippen LogP contribution in [0, 0.1) is 0 Å². The maximum Gasteiger partial charge on any atom is 0.141 e. The first-order valence-electron chi connectivity index (χ1n) is 12.3. The van der Waals surface area contributed by atoms with Gasteiger partial charge in [-0.15, -0.1) is 0 Å². The van der Waals surface area contributed by atoms with Gasteiger partial charge in [-0.2, -0.15) is 5.10 Å². The summed E-state index contributed by atoms with van der Waals surface area (Å²) in [4.78, 5) is 11.4. The lowest BCUT2D eigenvalue weighted by Gasteiger charge is -2.27. The van der Waals surface area contributed by atoms with Crippen molar-refractivity contribution in [1.29, 1.82) is 0 Å². The Kier molecular flexibility index (Phi) is 6.55. The molecule has 1 fully saturated rings. The van der Waals surface area contributed by atoms with Crippen molar-refractivity contribution in [3.63, 3.8) is 0 Å². The standard InChI is InChI=1S/C28H28N6OS/c35-36-14-12-33(13-15-36)11-10-21-6-8-25-26(16-21)29-20-30-28(25)32-24-7-9-27-23(17-24)18-31-34(27)19-22-4-2-1-3-5-22/h1-9,16-18,20H,10-15,19H2,(H,29,30,32). The summed E-state index contributed by atoms with van der Waals surface area (Å²) in [6.07, 6.45) is 4.48. The number of nitrogens with one attached hydrogen (secondary N) is 1. The third-order valence-electron chi connectivity index (χ3n) is 6.77. The van der Waals surface area contributed by atoms with Gasteiger partial charge >= 0.3 is 0 Å². The first-order valence-corrected chi connectivity index (χ1v) is 13.8. The molecule has 0 atom stereocenters. The normalized spacial score (nSPS) is 15.0. The summed E-state index contributed by atoms with van der Waals surface area (Å²) in [5, 5.41) is 10.2. The average Bonchev–Trinajstić information content (AvgIpc) is 3.31. The van der Waals surface area contributed by atoms with Crippen LogP contribution in [-0.4, -0.2) is 60.3 Å². The van der Waals surface area contributed by atoms with E-state index in [0.29, 0.717) is 0 Å². The minimum absolute atomic E-state index is 0.633. The molecule has 182 valence electrons. The fourth-order valence-electron chi connectivity index (χ4n) is 4.73. The zero-order chi connectivity index (χ0) is 24.3. The Labute approximate surface area is 213 Å². The fourth-order valence-corrected chi connectivity index (χ4v) is 5.86. The van der Waals surface area contributed by atoms with Gasteiger partial charge in [0.2, 0.25) is 0 Å². The highest BCUT2D eigenvalue weighted by Gasteiger charge is 2.18. The molecule has 0 amide bonds. The van der Waals surface area contributed by atoms with Crippen molar-refractivity contribution in [1.82, 2.24) is 24.6 Å². The highest BCUT2D eigenvalue weighted by molar-refractivity contribution is 7.91.